The highest BCUT2D eigenvalue weighted by molar-refractivity contribution is 6.03. The van der Waals surface area contributed by atoms with Crippen molar-refractivity contribution in [2.45, 2.75) is 32.1 Å². The van der Waals surface area contributed by atoms with Crippen LogP contribution in [0.15, 0.2) is 95.9 Å². The van der Waals surface area contributed by atoms with Gasteiger partial charge in [-0.1, -0.05) is 48.5 Å². The highest BCUT2D eigenvalue weighted by Crippen LogP contribution is 2.36. The summed E-state index contributed by atoms with van der Waals surface area (Å²) in [6.07, 6.45) is 7.61. The van der Waals surface area contributed by atoms with Gasteiger partial charge < -0.3 is 14.2 Å². The molecule has 3 heterocycles. The maximum Gasteiger partial charge on any atom is 0.143 e. The summed E-state index contributed by atoms with van der Waals surface area (Å²) in [5.74, 6) is 1.52. The number of aliphatic imine (C=N–C) groups is 1. The first kappa shape index (κ1) is 24.1. The molecule has 2 aliphatic rings. The normalized spacial score (nSPS) is 20.2. The molecule has 6 rings (SSSR count). The number of nitrogens with one attached hydrogen (secondary N) is 1. The number of amidine groups is 1. The fourth-order valence-electron chi connectivity index (χ4n) is 5.27. The summed E-state index contributed by atoms with van der Waals surface area (Å²) in [4.78, 5) is 11.9. The Bertz CT molecular complexity index is 1490. The zero-order valence-corrected chi connectivity index (χ0v) is 21.5. The van der Waals surface area contributed by atoms with Gasteiger partial charge >= 0.3 is 0 Å². The second kappa shape index (κ2) is 10.3. The van der Waals surface area contributed by atoms with Crippen LogP contribution in [0, 0.1) is 12.7 Å². The molecule has 4 aromatic rings. The largest absolute Gasteiger partial charge is 0.495 e. The first-order valence-electron chi connectivity index (χ1n) is 12.9. The average molecular weight is 508 g/mol. The van der Waals surface area contributed by atoms with Gasteiger partial charge in [-0.2, -0.15) is 0 Å². The fourth-order valence-corrected chi connectivity index (χ4v) is 5.27. The molecule has 0 spiro atoms. The van der Waals surface area contributed by atoms with Crippen LogP contribution in [-0.4, -0.2) is 33.9 Å². The molecule has 1 saturated heterocycles. The Morgan fingerprint density at radius 1 is 1.03 bits per heavy atom. The number of hydrogen-bond donors (Lipinski definition) is 1. The Labute approximate surface area is 222 Å². The molecule has 1 fully saturated rings. The predicted octanol–water partition coefficient (Wildman–Crippen LogP) is 6.21. The van der Waals surface area contributed by atoms with Crippen LogP contribution < -0.4 is 10.1 Å². The van der Waals surface area contributed by atoms with Gasteiger partial charge in [-0.25, -0.2) is 14.4 Å². The minimum atomic E-state index is -0.236. The summed E-state index contributed by atoms with van der Waals surface area (Å²) in [5, 5.41) is 3.70. The van der Waals surface area contributed by atoms with Crippen molar-refractivity contribution in [1.82, 2.24) is 19.8 Å². The molecule has 0 aliphatic carbocycles. The number of hydrogen-bond acceptors (Lipinski definition) is 5. The number of rotatable bonds is 5. The van der Waals surface area contributed by atoms with Crippen molar-refractivity contribution >= 4 is 11.9 Å². The fraction of sp³-hybridized carbons (Fsp3) is 0.226. The van der Waals surface area contributed by atoms with Crippen LogP contribution in [0.3, 0.4) is 0 Å². The molecule has 0 bridgehead atoms. The third-order valence-corrected chi connectivity index (χ3v) is 7.12. The van der Waals surface area contributed by atoms with Gasteiger partial charge in [-0.05, 0) is 72.4 Å². The van der Waals surface area contributed by atoms with E-state index in [1.165, 1.54) is 17.7 Å². The second-order valence-corrected chi connectivity index (χ2v) is 9.71. The minimum Gasteiger partial charge on any atom is -0.495 e. The van der Waals surface area contributed by atoms with Crippen LogP contribution in [0.5, 0.6) is 5.75 Å². The third kappa shape index (κ3) is 4.73. The van der Waals surface area contributed by atoms with Crippen molar-refractivity contribution in [3.05, 3.63) is 119 Å². The van der Waals surface area contributed by atoms with E-state index in [4.69, 9.17) is 9.73 Å². The summed E-state index contributed by atoms with van der Waals surface area (Å²) in [7, 11) is 1.69. The SMILES string of the molecule is COc1cc(/C=C2\CCCN3C2=NC(c2ccccc2)NC3c2ccc(F)cc2)ccc1-n1cnc(C)c1. The van der Waals surface area contributed by atoms with Gasteiger partial charge in [0.05, 0.1) is 24.8 Å². The van der Waals surface area contributed by atoms with Gasteiger partial charge in [0, 0.05) is 12.7 Å². The van der Waals surface area contributed by atoms with Crippen LogP contribution in [-0.2, 0) is 0 Å². The second-order valence-electron chi connectivity index (χ2n) is 9.71. The standard InChI is InChI=1S/C31H30FN5O/c1-21-19-36(20-33-21)27-15-10-22(18-28(27)38-2)17-25-9-6-16-37-30(24-11-13-26(32)14-12-24)34-29(35-31(25)37)23-7-4-3-5-8-23/h3-5,7-8,10-15,17-20,29-30,34H,6,9,16H2,1-2H3/b25-17+. The highest BCUT2D eigenvalue weighted by atomic mass is 19.1. The Morgan fingerprint density at radius 2 is 1.84 bits per heavy atom. The van der Waals surface area contributed by atoms with Crippen molar-refractivity contribution in [3.63, 3.8) is 0 Å². The lowest BCUT2D eigenvalue weighted by atomic mass is 9.96. The maximum absolute atomic E-state index is 13.8. The molecule has 0 saturated carbocycles. The molecule has 0 amide bonds. The van der Waals surface area contributed by atoms with Gasteiger partial charge in [0.1, 0.15) is 29.7 Å². The molecule has 2 atom stereocenters. The van der Waals surface area contributed by atoms with E-state index in [2.05, 4.69) is 51.6 Å². The number of benzene rings is 3. The lowest BCUT2D eigenvalue weighted by molar-refractivity contribution is 0.211. The molecule has 38 heavy (non-hydrogen) atoms. The lowest BCUT2D eigenvalue weighted by Gasteiger charge is -2.44. The molecule has 192 valence electrons. The van der Waals surface area contributed by atoms with Crippen molar-refractivity contribution < 1.29 is 9.13 Å². The summed E-state index contributed by atoms with van der Waals surface area (Å²) in [6.45, 7) is 2.84. The Balaban J connectivity index is 1.40. The van der Waals surface area contributed by atoms with Crippen molar-refractivity contribution in [3.8, 4) is 11.4 Å². The third-order valence-electron chi connectivity index (χ3n) is 7.12. The van der Waals surface area contributed by atoms with Crippen molar-refractivity contribution in [2.75, 3.05) is 13.7 Å². The van der Waals surface area contributed by atoms with E-state index < -0.39 is 0 Å². The highest BCUT2D eigenvalue weighted by Gasteiger charge is 2.35. The van der Waals surface area contributed by atoms with Crippen LogP contribution in [0.2, 0.25) is 0 Å². The van der Waals surface area contributed by atoms with E-state index in [1.807, 2.05) is 48.0 Å². The number of aryl methyl sites for hydroxylation is 1. The number of methoxy groups -OCH3 is 1. The lowest BCUT2D eigenvalue weighted by Crippen LogP contribution is -2.50. The molecule has 7 heteroatoms. The van der Waals surface area contributed by atoms with Gasteiger partial charge in [0.2, 0.25) is 0 Å². The Hall–Kier alpha value is -4.23. The van der Waals surface area contributed by atoms with Crippen LogP contribution in [0.25, 0.3) is 11.8 Å². The summed E-state index contributed by atoms with van der Waals surface area (Å²) in [5.41, 5.74) is 6.24. The van der Waals surface area contributed by atoms with Gasteiger partial charge in [-0.3, -0.25) is 5.32 Å². The number of fused-ring (bicyclic) bond motifs is 1. The van der Waals surface area contributed by atoms with Gasteiger partial charge in [-0.15, -0.1) is 0 Å². The molecule has 1 aromatic heterocycles. The first-order chi connectivity index (χ1) is 18.6. The minimum absolute atomic E-state index is 0.113. The number of imidazole rings is 1. The van der Waals surface area contributed by atoms with Crippen molar-refractivity contribution in [2.24, 2.45) is 4.99 Å². The molecule has 2 unspecified atom stereocenters. The van der Waals surface area contributed by atoms with Crippen LogP contribution in [0.4, 0.5) is 4.39 Å². The van der Waals surface area contributed by atoms with E-state index in [0.717, 1.165) is 59.0 Å². The smallest absolute Gasteiger partial charge is 0.143 e. The summed E-state index contributed by atoms with van der Waals surface area (Å²) >= 11 is 0. The van der Waals surface area contributed by atoms with Gasteiger partial charge in [0.15, 0.2) is 0 Å². The van der Waals surface area contributed by atoms with Crippen LogP contribution in [0.1, 0.15) is 47.6 Å². The number of piperidine rings is 1. The number of halogens is 1. The summed E-state index contributed by atoms with van der Waals surface area (Å²) in [6, 6.07) is 23.2. The van der Waals surface area contributed by atoms with E-state index >= 15 is 0 Å². The van der Waals surface area contributed by atoms with Crippen LogP contribution >= 0.6 is 0 Å². The van der Waals surface area contributed by atoms with E-state index in [0.29, 0.717) is 0 Å². The quantitative estimate of drug-likeness (QED) is 0.349. The molecule has 2 aliphatic heterocycles. The van der Waals surface area contributed by atoms with E-state index in [9.17, 15) is 4.39 Å². The van der Waals surface area contributed by atoms with E-state index in [-0.39, 0.29) is 18.1 Å². The molecule has 3 aromatic carbocycles. The zero-order valence-electron chi connectivity index (χ0n) is 21.5. The van der Waals surface area contributed by atoms with E-state index in [1.54, 1.807) is 13.4 Å². The average Bonchev–Trinajstić information content (AvgIpc) is 3.39. The topological polar surface area (TPSA) is 54.7 Å². The number of ether oxygens (including phenoxy) is 1. The maximum atomic E-state index is 13.8. The molecule has 6 nitrogen and oxygen atoms in total. The summed E-state index contributed by atoms with van der Waals surface area (Å²) < 4.78 is 21.5. The zero-order chi connectivity index (χ0) is 26.1. The molecule has 0 radical (unpaired) electrons. The monoisotopic (exact) mass is 507 g/mol. The molecular weight excluding hydrogens is 477 g/mol. The first-order valence-corrected chi connectivity index (χ1v) is 12.9. The number of aromatic nitrogens is 2. The Morgan fingerprint density at radius 3 is 2.58 bits per heavy atom. The Kier molecular flexibility index (Phi) is 6.52. The number of nitrogens with zero attached hydrogens (tertiary/aromatic N) is 4. The molecular formula is C31H30FN5O. The predicted molar refractivity (Wildman–Crippen MR) is 148 cm³/mol. The van der Waals surface area contributed by atoms with Crippen molar-refractivity contribution in [1.29, 1.82) is 0 Å². The van der Waals surface area contributed by atoms with Gasteiger partial charge in [0.25, 0.3) is 0 Å². The molecule has 1 N–H and O–H groups in total.